The fourth-order valence-electron chi connectivity index (χ4n) is 8.19. The van der Waals surface area contributed by atoms with Gasteiger partial charge in [-0.15, -0.1) is 68.0 Å². The summed E-state index contributed by atoms with van der Waals surface area (Å²) in [7, 11) is 0. The second-order valence-electron chi connectivity index (χ2n) is 17.2. The Balaban J connectivity index is 1.09. The molecule has 0 radical (unpaired) electrons. The van der Waals surface area contributed by atoms with Crippen molar-refractivity contribution < 1.29 is 19.1 Å². The molecule has 8 nitrogen and oxygen atoms in total. The minimum Gasteiger partial charge on any atom is -0.422 e. The fourth-order valence-corrected chi connectivity index (χ4v) is 14.9. The normalized spacial score (nSPS) is 13.4. The molecule has 0 fully saturated rings. The van der Waals surface area contributed by atoms with Crippen molar-refractivity contribution in [1.82, 2.24) is 0 Å². The number of rotatable bonds is 14. The van der Waals surface area contributed by atoms with Gasteiger partial charge in [-0.3, -0.25) is 0 Å². The lowest BCUT2D eigenvalue weighted by atomic mass is 10.0. The largest absolute Gasteiger partial charge is 0.422 e. The number of benzene rings is 1. The first-order chi connectivity index (χ1) is 32.9. The van der Waals surface area contributed by atoms with Crippen molar-refractivity contribution in [3.05, 3.63) is 132 Å². The number of carbonyl (C=O) groups is 2. The van der Waals surface area contributed by atoms with Gasteiger partial charge in [0.25, 0.3) is 0 Å². The maximum atomic E-state index is 13.9. The predicted molar refractivity (Wildman–Crippen MR) is 276 cm³/mol. The molecule has 0 bridgehead atoms. The molecule has 2 aliphatic rings. The van der Waals surface area contributed by atoms with Crippen LogP contribution in [-0.4, -0.2) is 11.9 Å². The van der Waals surface area contributed by atoms with Gasteiger partial charge < -0.3 is 9.47 Å². The fraction of sp³-hybridized carbons (Fsp3) is 0.222. The van der Waals surface area contributed by atoms with E-state index >= 15 is 0 Å². The van der Waals surface area contributed by atoms with E-state index in [1.54, 1.807) is 69.6 Å². The summed E-state index contributed by atoms with van der Waals surface area (Å²) in [5.74, 6) is 1.01. The summed E-state index contributed by atoms with van der Waals surface area (Å²) in [4.78, 5) is 35.9. The van der Waals surface area contributed by atoms with E-state index in [0.717, 1.165) is 97.7 Å². The first-order valence-corrected chi connectivity index (χ1v) is 26.9. The second kappa shape index (κ2) is 20.0. The molecular formula is C54H40N4O4S6. The Kier molecular flexibility index (Phi) is 13.7. The highest BCUT2D eigenvalue weighted by atomic mass is 32.1. The molecule has 0 N–H and O–H groups in total. The number of nitrogens with zero attached hydrogens (tertiary/aromatic N) is 4. The molecule has 7 aromatic rings. The third kappa shape index (κ3) is 9.63. The molecule has 0 saturated heterocycles. The van der Waals surface area contributed by atoms with Crippen LogP contribution in [0.5, 0.6) is 11.5 Å². The predicted octanol–water partition coefficient (Wildman–Crippen LogP) is 9.64. The van der Waals surface area contributed by atoms with Gasteiger partial charge in [-0.05, 0) is 134 Å². The molecule has 8 heterocycles. The van der Waals surface area contributed by atoms with E-state index in [1.165, 1.54) is 22.7 Å². The topological polar surface area (TPSA) is 148 Å². The Morgan fingerprint density at radius 3 is 1.32 bits per heavy atom. The maximum absolute atomic E-state index is 13.9. The zero-order valence-electron chi connectivity index (χ0n) is 37.4. The lowest BCUT2D eigenvalue weighted by Gasteiger charge is -2.05. The van der Waals surface area contributed by atoms with E-state index in [1.807, 2.05) is 36.4 Å². The lowest BCUT2D eigenvalue weighted by Crippen LogP contribution is -2.10. The van der Waals surface area contributed by atoms with Crippen molar-refractivity contribution in [2.24, 2.45) is 11.8 Å². The van der Waals surface area contributed by atoms with E-state index in [9.17, 15) is 30.6 Å². The van der Waals surface area contributed by atoms with Gasteiger partial charge in [0.05, 0.1) is 20.2 Å². The Morgan fingerprint density at radius 2 is 0.941 bits per heavy atom. The molecule has 0 atom stereocenters. The Labute approximate surface area is 416 Å². The number of aryl methyl sites for hydroxylation is 2. The quantitative estimate of drug-likeness (QED) is 0.0773. The first-order valence-electron chi connectivity index (χ1n) is 22.0. The number of ether oxygens (including phenoxy) is 2. The molecule has 0 aliphatic carbocycles. The van der Waals surface area contributed by atoms with Crippen LogP contribution in [0.15, 0.2) is 72.8 Å². The van der Waals surface area contributed by atoms with Crippen molar-refractivity contribution in [3.63, 3.8) is 0 Å². The van der Waals surface area contributed by atoms with Crippen molar-refractivity contribution in [3.8, 4) is 55.3 Å². The van der Waals surface area contributed by atoms with E-state index in [0.29, 0.717) is 54.0 Å². The molecule has 0 spiro atoms. The standard InChI is InChI=1S/C54H40N4O4S6/c1-29(2)7-5-9-31-19-47(67-51(31)45-17-13-37(65-45)21-35-11-15-43(63-35)33(25-55)26-56)49-39-23-42-40(24-41(39)61-53(49)59)50(54(60)62-42)48-20-32(10-6-8-30(3)4)52(68-48)46-18-14-38(66-46)22-36-12-16-44(64-36)34(27-57)28-58/h11-24,29-30H,5-10H2,1-4H3/b35-21+,36-22+. The summed E-state index contributed by atoms with van der Waals surface area (Å²) in [6, 6.07) is 31.5. The van der Waals surface area contributed by atoms with Gasteiger partial charge in [0.2, 0.25) is 0 Å². The van der Waals surface area contributed by atoms with E-state index in [4.69, 9.17) is 9.47 Å². The molecule has 0 unspecified atom stereocenters. The van der Waals surface area contributed by atoms with Crippen LogP contribution in [0.3, 0.4) is 0 Å². The Bertz CT molecular complexity index is 3490. The number of nitriles is 4. The Hall–Kier alpha value is -6.46. The number of hydrogen-bond donors (Lipinski definition) is 0. The minimum atomic E-state index is -0.443. The molecular weight excluding hydrogens is 961 g/mol. The van der Waals surface area contributed by atoms with E-state index in [2.05, 4.69) is 76.2 Å². The van der Waals surface area contributed by atoms with E-state index in [-0.39, 0.29) is 11.1 Å². The number of thiophene rings is 6. The molecule has 6 aromatic heterocycles. The third-order valence-electron chi connectivity index (χ3n) is 11.5. The highest BCUT2D eigenvalue weighted by molar-refractivity contribution is 7.24. The molecule has 9 rings (SSSR count). The van der Waals surface area contributed by atoms with Gasteiger partial charge in [0.15, 0.2) is 0 Å². The summed E-state index contributed by atoms with van der Waals surface area (Å²) >= 11 is 9.25. The lowest BCUT2D eigenvalue weighted by molar-refractivity contribution is -0.128. The monoisotopic (exact) mass is 1000 g/mol. The molecule has 14 heteroatoms. The van der Waals surface area contributed by atoms with Crippen LogP contribution >= 0.6 is 68.0 Å². The number of esters is 2. The summed E-state index contributed by atoms with van der Waals surface area (Å²) in [5.41, 5.74) is 3.43. The van der Waals surface area contributed by atoms with Gasteiger partial charge in [-0.1, -0.05) is 40.5 Å². The summed E-state index contributed by atoms with van der Waals surface area (Å²) < 4.78 is 15.2. The van der Waals surface area contributed by atoms with Crippen LogP contribution in [-0.2, 0) is 22.4 Å². The molecule has 2 aliphatic heterocycles. The van der Waals surface area contributed by atoms with E-state index < -0.39 is 11.9 Å². The van der Waals surface area contributed by atoms with Gasteiger partial charge >= 0.3 is 11.9 Å². The molecule has 0 saturated carbocycles. The average Bonchev–Trinajstić information content (AvgIpc) is 4.17. The number of hydrogen-bond acceptors (Lipinski definition) is 14. The van der Waals surface area contributed by atoms with Gasteiger partial charge in [0, 0.05) is 58.5 Å². The Morgan fingerprint density at radius 1 is 0.529 bits per heavy atom. The average molecular weight is 1000 g/mol. The highest BCUT2D eigenvalue weighted by Crippen LogP contribution is 2.43. The van der Waals surface area contributed by atoms with Crippen LogP contribution in [0.2, 0.25) is 0 Å². The summed E-state index contributed by atoms with van der Waals surface area (Å²) in [6.45, 7) is 8.89. The van der Waals surface area contributed by atoms with Crippen LogP contribution in [0.1, 0.15) is 84.0 Å². The zero-order chi connectivity index (χ0) is 47.6. The van der Waals surface area contributed by atoms with Gasteiger partial charge in [0.1, 0.15) is 46.9 Å². The minimum absolute atomic E-state index is 0.100. The molecule has 336 valence electrons. The number of fused-ring (bicyclic) bond motifs is 2. The smallest absolute Gasteiger partial charge is 0.345 e. The van der Waals surface area contributed by atoms with Gasteiger partial charge in [-0.25, -0.2) is 9.59 Å². The van der Waals surface area contributed by atoms with Crippen LogP contribution in [0.25, 0.3) is 54.0 Å². The van der Waals surface area contributed by atoms with Gasteiger partial charge in [-0.2, -0.15) is 21.0 Å². The molecule has 68 heavy (non-hydrogen) atoms. The van der Waals surface area contributed by atoms with Crippen molar-refractivity contribution >= 4 is 114 Å². The van der Waals surface area contributed by atoms with Crippen molar-refractivity contribution in [2.75, 3.05) is 0 Å². The van der Waals surface area contributed by atoms with Crippen LogP contribution < -0.4 is 38.0 Å². The SMILES string of the molecule is CC(C)CCCc1cc(C2=c3cc4c(cc3OC2=O)=C(c2cc(CCCC(C)C)c(-c3ccc(/C=c5\ccc(=C(C#N)C#N)s5)s3)s2)C(=O)O4)sc1-c1ccc(/C=c2\ccc(=C(C#N)C#N)s2)s1. The second-order valence-corrected chi connectivity index (χ2v) is 23.7. The van der Waals surface area contributed by atoms with Crippen LogP contribution in [0, 0.1) is 57.2 Å². The first kappa shape index (κ1) is 46.6. The zero-order valence-corrected chi connectivity index (χ0v) is 42.3. The third-order valence-corrected chi connectivity index (χ3v) is 18.4. The molecule has 1 aromatic carbocycles. The number of carbonyl (C=O) groups excluding carboxylic acids is 2. The van der Waals surface area contributed by atoms with Crippen LogP contribution in [0.4, 0.5) is 0 Å². The summed E-state index contributed by atoms with van der Waals surface area (Å²) in [6.07, 6.45) is 9.95. The van der Waals surface area contributed by atoms with Crippen molar-refractivity contribution in [2.45, 2.75) is 66.2 Å². The maximum Gasteiger partial charge on any atom is 0.345 e. The highest BCUT2D eigenvalue weighted by Gasteiger charge is 2.33. The van der Waals surface area contributed by atoms with Crippen molar-refractivity contribution in [1.29, 1.82) is 21.0 Å². The summed E-state index contributed by atoms with van der Waals surface area (Å²) in [5, 5.41) is 38.5. The molecule has 0 amide bonds.